The third-order valence-corrected chi connectivity index (χ3v) is 4.05. The number of para-hydroxylation sites is 1. The molecule has 1 aliphatic rings. The van der Waals surface area contributed by atoms with Crippen LogP contribution in [0.15, 0.2) is 36.5 Å². The minimum Gasteiger partial charge on any atom is -0.369 e. The Balaban J connectivity index is 1.84. The van der Waals surface area contributed by atoms with Crippen LogP contribution in [0.2, 0.25) is 0 Å². The van der Waals surface area contributed by atoms with Gasteiger partial charge in [0, 0.05) is 30.6 Å². The van der Waals surface area contributed by atoms with E-state index in [2.05, 4.69) is 4.98 Å². The Hall–Kier alpha value is -2.43. The van der Waals surface area contributed by atoms with E-state index < -0.39 is 0 Å². The maximum absolute atomic E-state index is 12.7. The third-order valence-electron chi connectivity index (χ3n) is 4.05. The summed E-state index contributed by atoms with van der Waals surface area (Å²) in [4.78, 5) is 29.9. The lowest BCUT2D eigenvalue weighted by atomic mass is 9.95. The van der Waals surface area contributed by atoms with E-state index in [0.29, 0.717) is 31.5 Å². The standard InChI is InChI=1S/C16H17N3O2/c17-15(20)12-6-9-19(10-7-12)16(21)13-5-1-3-11-4-2-8-18-14(11)13/h1-5,8,12H,6-7,9-10H2,(H2,17,20). The zero-order chi connectivity index (χ0) is 14.8. The number of rotatable bonds is 2. The molecule has 5 nitrogen and oxygen atoms in total. The molecule has 0 radical (unpaired) electrons. The van der Waals surface area contributed by atoms with E-state index in [1.807, 2.05) is 24.3 Å². The van der Waals surface area contributed by atoms with Crippen LogP contribution < -0.4 is 5.73 Å². The van der Waals surface area contributed by atoms with Crippen LogP contribution in [-0.4, -0.2) is 34.8 Å². The maximum atomic E-state index is 12.7. The number of aromatic nitrogens is 1. The van der Waals surface area contributed by atoms with Crippen LogP contribution in [0.3, 0.4) is 0 Å². The molecular weight excluding hydrogens is 266 g/mol. The van der Waals surface area contributed by atoms with Gasteiger partial charge in [-0.15, -0.1) is 0 Å². The van der Waals surface area contributed by atoms with Gasteiger partial charge in [-0.1, -0.05) is 18.2 Å². The number of hydrogen-bond acceptors (Lipinski definition) is 3. The predicted molar refractivity (Wildman–Crippen MR) is 79.6 cm³/mol. The normalized spacial score (nSPS) is 16.1. The first-order chi connectivity index (χ1) is 10.2. The van der Waals surface area contributed by atoms with Gasteiger partial charge < -0.3 is 10.6 Å². The van der Waals surface area contributed by atoms with E-state index in [4.69, 9.17) is 5.73 Å². The molecule has 1 fully saturated rings. The smallest absolute Gasteiger partial charge is 0.256 e. The van der Waals surface area contributed by atoms with Gasteiger partial charge in [-0.3, -0.25) is 14.6 Å². The number of piperidine rings is 1. The van der Waals surface area contributed by atoms with Crippen molar-refractivity contribution < 1.29 is 9.59 Å². The average Bonchev–Trinajstić information content (AvgIpc) is 2.53. The van der Waals surface area contributed by atoms with Gasteiger partial charge in [0.2, 0.25) is 5.91 Å². The number of nitrogens with zero attached hydrogens (tertiary/aromatic N) is 2. The van der Waals surface area contributed by atoms with Gasteiger partial charge in [-0.05, 0) is 25.0 Å². The summed E-state index contributed by atoms with van der Waals surface area (Å²) < 4.78 is 0. The van der Waals surface area contributed by atoms with Gasteiger partial charge in [-0.2, -0.15) is 0 Å². The highest BCUT2D eigenvalue weighted by Crippen LogP contribution is 2.22. The molecule has 0 bridgehead atoms. The summed E-state index contributed by atoms with van der Waals surface area (Å²) in [5.74, 6) is -0.407. The average molecular weight is 283 g/mol. The topological polar surface area (TPSA) is 76.3 Å². The molecule has 1 saturated heterocycles. The summed E-state index contributed by atoms with van der Waals surface area (Å²) in [5, 5.41) is 0.954. The summed E-state index contributed by atoms with van der Waals surface area (Å²) in [6.45, 7) is 1.13. The number of benzene rings is 1. The second-order valence-corrected chi connectivity index (χ2v) is 5.35. The van der Waals surface area contributed by atoms with Crippen molar-refractivity contribution in [3.63, 3.8) is 0 Å². The summed E-state index contributed by atoms with van der Waals surface area (Å²) in [7, 11) is 0. The molecule has 2 N–H and O–H groups in total. The first-order valence-electron chi connectivity index (χ1n) is 7.09. The van der Waals surface area contributed by atoms with E-state index in [9.17, 15) is 9.59 Å². The third kappa shape index (κ3) is 2.59. The minimum atomic E-state index is -0.270. The van der Waals surface area contributed by atoms with Crippen LogP contribution in [0.1, 0.15) is 23.2 Å². The number of carbonyl (C=O) groups is 2. The number of amides is 2. The summed E-state index contributed by atoms with van der Waals surface area (Å²) in [5.41, 5.74) is 6.66. The molecule has 21 heavy (non-hydrogen) atoms. The molecule has 5 heteroatoms. The van der Waals surface area contributed by atoms with Gasteiger partial charge in [0.1, 0.15) is 0 Å². The van der Waals surface area contributed by atoms with Crippen molar-refractivity contribution in [2.75, 3.05) is 13.1 Å². The number of fused-ring (bicyclic) bond motifs is 1. The van der Waals surface area contributed by atoms with Crippen molar-refractivity contribution >= 4 is 22.7 Å². The Morgan fingerprint density at radius 2 is 1.86 bits per heavy atom. The fraction of sp³-hybridized carbons (Fsp3) is 0.312. The number of likely N-dealkylation sites (tertiary alicyclic amines) is 1. The van der Waals surface area contributed by atoms with E-state index in [1.54, 1.807) is 17.2 Å². The fourth-order valence-corrected chi connectivity index (χ4v) is 2.81. The number of pyridine rings is 1. The van der Waals surface area contributed by atoms with Gasteiger partial charge in [0.15, 0.2) is 0 Å². The van der Waals surface area contributed by atoms with Gasteiger partial charge >= 0.3 is 0 Å². The second kappa shape index (κ2) is 5.52. The lowest BCUT2D eigenvalue weighted by Gasteiger charge is -2.30. The number of carbonyl (C=O) groups excluding carboxylic acids is 2. The first kappa shape index (κ1) is 13.5. The molecule has 1 aromatic heterocycles. The van der Waals surface area contributed by atoms with Crippen molar-refractivity contribution in [3.05, 3.63) is 42.1 Å². The van der Waals surface area contributed by atoms with Crippen LogP contribution in [0.5, 0.6) is 0 Å². The molecule has 1 aromatic carbocycles. The number of primary amides is 1. The van der Waals surface area contributed by atoms with E-state index in [1.165, 1.54) is 0 Å². The highest BCUT2D eigenvalue weighted by atomic mass is 16.2. The lowest BCUT2D eigenvalue weighted by Crippen LogP contribution is -2.41. The fourth-order valence-electron chi connectivity index (χ4n) is 2.81. The van der Waals surface area contributed by atoms with Crippen LogP contribution in [0.4, 0.5) is 0 Å². The Kier molecular flexibility index (Phi) is 3.56. The van der Waals surface area contributed by atoms with E-state index in [-0.39, 0.29) is 17.7 Å². The molecule has 2 amide bonds. The Morgan fingerprint density at radius 3 is 2.57 bits per heavy atom. The van der Waals surface area contributed by atoms with Crippen LogP contribution >= 0.6 is 0 Å². The summed E-state index contributed by atoms with van der Waals surface area (Å²) in [6.07, 6.45) is 2.97. The lowest BCUT2D eigenvalue weighted by molar-refractivity contribution is -0.123. The molecule has 0 spiro atoms. The van der Waals surface area contributed by atoms with Crippen molar-refractivity contribution in [1.29, 1.82) is 0 Å². The largest absolute Gasteiger partial charge is 0.369 e. The first-order valence-corrected chi connectivity index (χ1v) is 7.09. The Morgan fingerprint density at radius 1 is 1.14 bits per heavy atom. The van der Waals surface area contributed by atoms with Crippen LogP contribution in [0, 0.1) is 5.92 Å². The van der Waals surface area contributed by atoms with Gasteiger partial charge in [0.25, 0.3) is 5.91 Å². The second-order valence-electron chi connectivity index (χ2n) is 5.35. The van der Waals surface area contributed by atoms with Crippen molar-refractivity contribution in [2.24, 2.45) is 11.7 Å². The SMILES string of the molecule is NC(=O)C1CCN(C(=O)c2cccc3cccnc23)CC1. The Bertz CT molecular complexity index is 685. The highest BCUT2D eigenvalue weighted by molar-refractivity contribution is 6.05. The van der Waals surface area contributed by atoms with Gasteiger partial charge in [-0.25, -0.2) is 0 Å². The van der Waals surface area contributed by atoms with Crippen LogP contribution in [0.25, 0.3) is 10.9 Å². The Labute approximate surface area is 122 Å². The summed E-state index contributed by atoms with van der Waals surface area (Å²) in [6, 6.07) is 9.41. The van der Waals surface area contributed by atoms with Crippen LogP contribution in [-0.2, 0) is 4.79 Å². The van der Waals surface area contributed by atoms with E-state index in [0.717, 1.165) is 10.9 Å². The van der Waals surface area contributed by atoms with E-state index >= 15 is 0 Å². The van der Waals surface area contributed by atoms with Gasteiger partial charge in [0.05, 0.1) is 11.1 Å². The van der Waals surface area contributed by atoms with Crippen molar-refractivity contribution in [2.45, 2.75) is 12.8 Å². The minimum absolute atomic E-state index is 0.0257. The molecule has 1 aliphatic heterocycles. The molecule has 108 valence electrons. The molecule has 0 aliphatic carbocycles. The number of nitrogens with two attached hydrogens (primary N) is 1. The van der Waals surface area contributed by atoms with Crippen molar-refractivity contribution in [3.8, 4) is 0 Å². The maximum Gasteiger partial charge on any atom is 0.256 e. The molecule has 3 rings (SSSR count). The molecule has 0 unspecified atom stereocenters. The van der Waals surface area contributed by atoms with Crippen molar-refractivity contribution in [1.82, 2.24) is 9.88 Å². The molecule has 2 heterocycles. The number of hydrogen-bond donors (Lipinski definition) is 1. The highest BCUT2D eigenvalue weighted by Gasteiger charge is 2.27. The zero-order valence-corrected chi connectivity index (χ0v) is 11.7. The predicted octanol–water partition coefficient (Wildman–Crippen LogP) is 1.57. The quantitative estimate of drug-likeness (QED) is 0.909. The molecule has 2 aromatic rings. The molecule has 0 atom stereocenters. The molecule has 0 saturated carbocycles. The summed E-state index contributed by atoms with van der Waals surface area (Å²) >= 11 is 0. The zero-order valence-electron chi connectivity index (χ0n) is 11.7. The monoisotopic (exact) mass is 283 g/mol. The molecular formula is C16H17N3O2.